The quantitative estimate of drug-likeness (QED) is 0.884. The molecular formula is C15H11F3N2O2. The van der Waals surface area contributed by atoms with Crippen molar-refractivity contribution in [3.8, 4) is 0 Å². The second-order valence-corrected chi connectivity index (χ2v) is 4.39. The molecule has 1 amide bonds. The minimum absolute atomic E-state index is 0.366. The van der Waals surface area contributed by atoms with E-state index in [2.05, 4.69) is 10.3 Å². The van der Waals surface area contributed by atoms with Crippen molar-refractivity contribution >= 4 is 11.7 Å². The molecule has 0 aliphatic heterocycles. The number of nitrogens with zero attached hydrogens (tertiary/aromatic N) is 1. The molecule has 1 N–H and O–H groups in total. The fraction of sp³-hybridized carbons (Fsp3) is 0.133. The number of hydrogen-bond acceptors (Lipinski definition) is 3. The lowest BCUT2D eigenvalue weighted by atomic mass is 10.1. The lowest BCUT2D eigenvalue weighted by Gasteiger charge is -2.11. The van der Waals surface area contributed by atoms with Gasteiger partial charge < -0.3 is 5.32 Å². The van der Waals surface area contributed by atoms with Gasteiger partial charge >= 0.3 is 6.18 Å². The third-order valence-electron chi connectivity index (χ3n) is 2.88. The minimum Gasteiger partial charge on any atom is -0.345 e. The molecule has 1 aromatic carbocycles. The van der Waals surface area contributed by atoms with Crippen molar-refractivity contribution in [2.75, 3.05) is 6.54 Å². The summed E-state index contributed by atoms with van der Waals surface area (Å²) in [5.41, 5.74) is -1.34. The summed E-state index contributed by atoms with van der Waals surface area (Å²) in [4.78, 5) is 27.2. The summed E-state index contributed by atoms with van der Waals surface area (Å²) in [5.74, 6) is -1.39. The molecule has 114 valence electrons. The van der Waals surface area contributed by atoms with E-state index in [0.717, 1.165) is 12.4 Å². The van der Waals surface area contributed by atoms with E-state index in [1.165, 1.54) is 0 Å². The summed E-state index contributed by atoms with van der Waals surface area (Å²) in [6, 6.07) is 8.85. The van der Waals surface area contributed by atoms with E-state index < -0.39 is 35.5 Å². The van der Waals surface area contributed by atoms with E-state index in [4.69, 9.17) is 0 Å². The van der Waals surface area contributed by atoms with Crippen LogP contribution < -0.4 is 5.32 Å². The average Bonchev–Trinajstić information content (AvgIpc) is 2.52. The largest absolute Gasteiger partial charge is 0.417 e. The lowest BCUT2D eigenvalue weighted by Crippen LogP contribution is -2.31. The Morgan fingerprint density at radius 3 is 2.41 bits per heavy atom. The maximum Gasteiger partial charge on any atom is 0.417 e. The molecule has 0 aliphatic rings. The molecule has 0 bridgehead atoms. The zero-order valence-electron chi connectivity index (χ0n) is 11.2. The number of pyridine rings is 1. The maximum absolute atomic E-state index is 12.8. The van der Waals surface area contributed by atoms with Crippen LogP contribution in [0.5, 0.6) is 0 Å². The summed E-state index contributed by atoms with van der Waals surface area (Å²) in [7, 11) is 0. The minimum atomic E-state index is -4.67. The monoisotopic (exact) mass is 308 g/mol. The first-order valence-corrected chi connectivity index (χ1v) is 6.27. The second-order valence-electron chi connectivity index (χ2n) is 4.39. The topological polar surface area (TPSA) is 59.1 Å². The van der Waals surface area contributed by atoms with Crippen LogP contribution in [0.2, 0.25) is 0 Å². The molecule has 0 radical (unpaired) electrons. The lowest BCUT2D eigenvalue weighted by molar-refractivity contribution is -0.138. The summed E-state index contributed by atoms with van der Waals surface area (Å²) in [6.45, 7) is -0.394. The van der Waals surface area contributed by atoms with Gasteiger partial charge in [-0.2, -0.15) is 13.2 Å². The van der Waals surface area contributed by atoms with Gasteiger partial charge in [0.1, 0.15) is 0 Å². The van der Waals surface area contributed by atoms with Gasteiger partial charge in [-0.1, -0.05) is 30.3 Å². The number of hydrogen-bond donors (Lipinski definition) is 1. The van der Waals surface area contributed by atoms with Gasteiger partial charge in [-0.05, 0) is 6.07 Å². The standard InChI is InChI=1S/C15H11F3N2O2/c16-15(17,18)12-6-7-19-8-11(12)14(22)20-9-13(21)10-4-2-1-3-5-10/h1-8H,9H2,(H,20,22). The summed E-state index contributed by atoms with van der Waals surface area (Å²) in [6.07, 6.45) is -2.89. The first-order chi connectivity index (χ1) is 10.4. The average molecular weight is 308 g/mol. The normalized spacial score (nSPS) is 11.0. The van der Waals surface area contributed by atoms with Crippen molar-refractivity contribution in [2.45, 2.75) is 6.18 Å². The van der Waals surface area contributed by atoms with E-state index in [0.29, 0.717) is 11.6 Å². The van der Waals surface area contributed by atoms with Crippen molar-refractivity contribution in [1.29, 1.82) is 0 Å². The van der Waals surface area contributed by atoms with E-state index >= 15 is 0 Å². The fourth-order valence-corrected chi connectivity index (χ4v) is 1.80. The van der Waals surface area contributed by atoms with Gasteiger partial charge in [0, 0.05) is 18.0 Å². The van der Waals surface area contributed by atoms with Gasteiger partial charge in [0.05, 0.1) is 17.7 Å². The van der Waals surface area contributed by atoms with Crippen LogP contribution in [0.3, 0.4) is 0 Å². The molecule has 0 fully saturated rings. The number of ketones is 1. The predicted molar refractivity (Wildman–Crippen MR) is 72.3 cm³/mol. The zero-order chi connectivity index (χ0) is 16.2. The van der Waals surface area contributed by atoms with Crippen LogP contribution in [0, 0.1) is 0 Å². The van der Waals surface area contributed by atoms with Crippen LogP contribution in [0.1, 0.15) is 26.3 Å². The zero-order valence-corrected chi connectivity index (χ0v) is 11.2. The SMILES string of the molecule is O=C(CNC(=O)c1cnccc1C(F)(F)F)c1ccccc1. The van der Waals surface area contributed by atoms with Crippen molar-refractivity contribution < 1.29 is 22.8 Å². The number of Topliss-reactive ketones (excluding diaryl/α,β-unsaturated/α-hetero) is 1. The molecule has 22 heavy (non-hydrogen) atoms. The van der Waals surface area contributed by atoms with E-state index in [9.17, 15) is 22.8 Å². The second kappa shape index (κ2) is 6.38. The number of halogens is 3. The molecule has 0 unspecified atom stereocenters. The highest BCUT2D eigenvalue weighted by molar-refractivity contribution is 6.02. The Balaban J connectivity index is 2.09. The molecular weight excluding hydrogens is 297 g/mol. The molecule has 7 heteroatoms. The van der Waals surface area contributed by atoms with E-state index in [-0.39, 0.29) is 0 Å². The number of alkyl halides is 3. The van der Waals surface area contributed by atoms with Crippen LogP contribution >= 0.6 is 0 Å². The first kappa shape index (κ1) is 15.7. The summed E-state index contributed by atoms with van der Waals surface area (Å²) in [5, 5.41) is 2.18. The number of amides is 1. The Hall–Kier alpha value is -2.70. The molecule has 1 aromatic heterocycles. The Morgan fingerprint density at radius 2 is 1.77 bits per heavy atom. The van der Waals surface area contributed by atoms with Gasteiger partial charge in [0.2, 0.25) is 0 Å². The molecule has 0 saturated carbocycles. The Bertz CT molecular complexity index is 685. The van der Waals surface area contributed by atoms with Crippen molar-refractivity contribution in [3.63, 3.8) is 0 Å². The van der Waals surface area contributed by atoms with Gasteiger partial charge in [0.15, 0.2) is 5.78 Å². The third-order valence-corrected chi connectivity index (χ3v) is 2.88. The number of rotatable bonds is 4. The van der Waals surface area contributed by atoms with E-state index in [1.807, 2.05) is 0 Å². The highest BCUT2D eigenvalue weighted by Crippen LogP contribution is 2.31. The van der Waals surface area contributed by atoms with Gasteiger partial charge in [-0.3, -0.25) is 14.6 Å². The van der Waals surface area contributed by atoms with Crippen LogP contribution in [0.25, 0.3) is 0 Å². The number of nitrogens with one attached hydrogen (secondary N) is 1. The highest BCUT2D eigenvalue weighted by atomic mass is 19.4. The molecule has 1 heterocycles. The molecule has 0 atom stereocenters. The van der Waals surface area contributed by atoms with E-state index in [1.54, 1.807) is 30.3 Å². The van der Waals surface area contributed by atoms with Crippen molar-refractivity contribution in [2.24, 2.45) is 0 Å². The highest BCUT2D eigenvalue weighted by Gasteiger charge is 2.35. The first-order valence-electron chi connectivity index (χ1n) is 6.27. The molecule has 0 saturated heterocycles. The number of carbonyl (C=O) groups is 2. The number of carbonyl (C=O) groups excluding carboxylic acids is 2. The van der Waals surface area contributed by atoms with Crippen LogP contribution in [-0.4, -0.2) is 23.2 Å². The fourth-order valence-electron chi connectivity index (χ4n) is 1.80. The number of benzene rings is 1. The Labute approximate surface area is 124 Å². The van der Waals surface area contributed by atoms with Crippen LogP contribution in [-0.2, 0) is 6.18 Å². The van der Waals surface area contributed by atoms with Gasteiger partial charge in [-0.25, -0.2) is 0 Å². The molecule has 0 spiro atoms. The maximum atomic E-state index is 12.8. The third kappa shape index (κ3) is 3.69. The Morgan fingerprint density at radius 1 is 1.09 bits per heavy atom. The van der Waals surface area contributed by atoms with Crippen LogP contribution in [0.4, 0.5) is 13.2 Å². The Kier molecular flexibility index (Phi) is 4.55. The van der Waals surface area contributed by atoms with Crippen molar-refractivity contribution in [1.82, 2.24) is 10.3 Å². The van der Waals surface area contributed by atoms with Crippen molar-refractivity contribution in [3.05, 3.63) is 65.5 Å². The molecule has 2 aromatic rings. The molecule has 2 rings (SSSR count). The predicted octanol–water partition coefficient (Wildman–Crippen LogP) is 2.71. The summed E-state index contributed by atoms with van der Waals surface area (Å²) >= 11 is 0. The summed E-state index contributed by atoms with van der Waals surface area (Å²) < 4.78 is 38.4. The van der Waals surface area contributed by atoms with Gasteiger partial charge in [0.25, 0.3) is 5.91 Å². The molecule has 4 nitrogen and oxygen atoms in total. The van der Waals surface area contributed by atoms with Gasteiger partial charge in [-0.15, -0.1) is 0 Å². The molecule has 0 aliphatic carbocycles. The number of aromatic nitrogens is 1. The van der Waals surface area contributed by atoms with Crippen LogP contribution in [0.15, 0.2) is 48.8 Å². The smallest absolute Gasteiger partial charge is 0.345 e.